The fraction of sp³-hybridized carbons (Fsp3) is 0.133. The molecular weight excluding hydrogens is 330 g/mol. The number of carbonyl (C=O) groups excluding carboxylic acids is 1. The molecule has 0 saturated heterocycles. The Morgan fingerprint density at radius 2 is 1.88 bits per heavy atom. The SMILES string of the molecule is CCN1C(NNC(=O)c2ccncc2)=NS(=O)(=O)c2ccccc21. The molecule has 0 bridgehead atoms. The topological polar surface area (TPSA) is 104 Å². The molecule has 1 aliphatic heterocycles. The number of amides is 1. The van der Waals surface area contributed by atoms with Crippen LogP contribution in [0.1, 0.15) is 17.3 Å². The molecule has 8 nitrogen and oxygen atoms in total. The number of guanidine groups is 1. The number of hydrogen-bond donors (Lipinski definition) is 2. The number of nitrogens with zero attached hydrogens (tertiary/aromatic N) is 3. The van der Waals surface area contributed by atoms with Crippen molar-refractivity contribution >= 4 is 27.6 Å². The Morgan fingerprint density at radius 3 is 2.58 bits per heavy atom. The Hall–Kier alpha value is -2.94. The molecule has 124 valence electrons. The molecule has 1 aromatic heterocycles. The Kier molecular flexibility index (Phi) is 4.17. The molecule has 0 aliphatic carbocycles. The number of nitrogens with one attached hydrogen (secondary N) is 2. The number of hydrazine groups is 1. The lowest BCUT2D eigenvalue weighted by Crippen LogP contribution is -2.51. The van der Waals surface area contributed by atoms with Gasteiger partial charge in [-0.25, -0.2) is 0 Å². The van der Waals surface area contributed by atoms with Crippen molar-refractivity contribution in [2.75, 3.05) is 11.4 Å². The van der Waals surface area contributed by atoms with Gasteiger partial charge < -0.3 is 4.90 Å². The number of pyridine rings is 1. The van der Waals surface area contributed by atoms with Crippen LogP contribution in [0.2, 0.25) is 0 Å². The molecule has 1 aliphatic rings. The highest BCUT2D eigenvalue weighted by molar-refractivity contribution is 7.90. The number of aromatic nitrogens is 1. The summed E-state index contributed by atoms with van der Waals surface area (Å²) in [7, 11) is -3.82. The summed E-state index contributed by atoms with van der Waals surface area (Å²) in [5, 5.41) is 0. The van der Waals surface area contributed by atoms with Crippen LogP contribution in [0, 0.1) is 0 Å². The third-order valence-electron chi connectivity index (χ3n) is 3.44. The number of benzene rings is 1. The zero-order valence-electron chi connectivity index (χ0n) is 12.8. The second-order valence-electron chi connectivity index (χ2n) is 4.92. The minimum Gasteiger partial charge on any atom is -0.309 e. The number of fused-ring (bicyclic) bond motifs is 1. The normalized spacial score (nSPS) is 15.2. The molecule has 24 heavy (non-hydrogen) atoms. The van der Waals surface area contributed by atoms with E-state index >= 15 is 0 Å². The Morgan fingerprint density at radius 1 is 1.17 bits per heavy atom. The van der Waals surface area contributed by atoms with Gasteiger partial charge in [-0.15, -0.1) is 4.40 Å². The molecule has 0 saturated carbocycles. The number of hydrogen-bond acceptors (Lipinski definition) is 6. The van der Waals surface area contributed by atoms with E-state index in [2.05, 4.69) is 20.2 Å². The van der Waals surface area contributed by atoms with E-state index in [1.54, 1.807) is 35.2 Å². The molecule has 0 radical (unpaired) electrons. The molecule has 3 rings (SSSR count). The van der Waals surface area contributed by atoms with Gasteiger partial charge >= 0.3 is 0 Å². The summed E-state index contributed by atoms with van der Waals surface area (Å²) < 4.78 is 28.3. The Bertz CT molecular complexity index is 896. The summed E-state index contributed by atoms with van der Waals surface area (Å²) in [6, 6.07) is 9.67. The van der Waals surface area contributed by atoms with Crippen LogP contribution in [-0.2, 0) is 10.0 Å². The summed E-state index contributed by atoms with van der Waals surface area (Å²) in [6.45, 7) is 2.33. The minimum atomic E-state index is -3.82. The van der Waals surface area contributed by atoms with Gasteiger partial charge in [0.05, 0.1) is 5.69 Å². The van der Waals surface area contributed by atoms with E-state index in [0.717, 1.165) is 0 Å². The van der Waals surface area contributed by atoms with Crippen molar-refractivity contribution in [3.8, 4) is 0 Å². The third kappa shape index (κ3) is 2.93. The number of para-hydroxylation sites is 1. The van der Waals surface area contributed by atoms with Crippen molar-refractivity contribution in [3.63, 3.8) is 0 Å². The van der Waals surface area contributed by atoms with Crippen LogP contribution >= 0.6 is 0 Å². The summed E-state index contributed by atoms with van der Waals surface area (Å²) >= 11 is 0. The molecule has 0 unspecified atom stereocenters. The van der Waals surface area contributed by atoms with Crippen molar-refractivity contribution in [2.24, 2.45) is 4.40 Å². The van der Waals surface area contributed by atoms with Crippen molar-refractivity contribution in [3.05, 3.63) is 54.4 Å². The fourth-order valence-electron chi connectivity index (χ4n) is 2.32. The lowest BCUT2D eigenvalue weighted by molar-refractivity contribution is 0.0943. The first-order chi connectivity index (χ1) is 11.5. The average Bonchev–Trinajstić information content (AvgIpc) is 2.60. The lowest BCUT2D eigenvalue weighted by atomic mass is 10.2. The average molecular weight is 345 g/mol. The highest BCUT2D eigenvalue weighted by Crippen LogP contribution is 2.30. The molecular formula is C15H15N5O3S. The summed E-state index contributed by atoms with van der Waals surface area (Å²) in [5.74, 6) is -0.383. The predicted molar refractivity (Wildman–Crippen MR) is 88.9 cm³/mol. The molecule has 0 spiro atoms. The minimum absolute atomic E-state index is 0.0404. The summed E-state index contributed by atoms with van der Waals surface area (Å²) in [6.07, 6.45) is 2.98. The van der Waals surface area contributed by atoms with Crippen molar-refractivity contribution in [1.82, 2.24) is 15.8 Å². The largest absolute Gasteiger partial charge is 0.309 e. The zero-order chi connectivity index (χ0) is 17.2. The van der Waals surface area contributed by atoms with Crippen LogP contribution < -0.4 is 15.8 Å². The Labute approximate surface area is 139 Å². The van der Waals surface area contributed by atoms with Crippen LogP contribution in [0.4, 0.5) is 5.69 Å². The van der Waals surface area contributed by atoms with Crippen LogP contribution in [0.5, 0.6) is 0 Å². The van der Waals surface area contributed by atoms with E-state index in [4.69, 9.17) is 0 Å². The maximum absolute atomic E-state index is 12.3. The first kappa shape index (κ1) is 15.9. The maximum atomic E-state index is 12.3. The Balaban J connectivity index is 1.86. The number of carbonyl (C=O) groups is 1. The molecule has 9 heteroatoms. The van der Waals surface area contributed by atoms with Gasteiger partial charge in [0.2, 0.25) is 5.96 Å². The van der Waals surface area contributed by atoms with Crippen LogP contribution in [0.25, 0.3) is 0 Å². The fourth-order valence-corrected chi connectivity index (χ4v) is 3.49. The summed E-state index contributed by atoms with van der Waals surface area (Å²) in [5.41, 5.74) is 5.94. The van der Waals surface area contributed by atoms with Crippen molar-refractivity contribution in [1.29, 1.82) is 0 Å². The number of anilines is 1. The molecule has 2 N–H and O–H groups in total. The lowest BCUT2D eigenvalue weighted by Gasteiger charge is -2.29. The van der Waals surface area contributed by atoms with E-state index in [9.17, 15) is 13.2 Å². The first-order valence-corrected chi connectivity index (χ1v) is 8.65. The van der Waals surface area contributed by atoms with Gasteiger partial charge in [-0.05, 0) is 31.2 Å². The molecule has 1 amide bonds. The first-order valence-electron chi connectivity index (χ1n) is 7.21. The second kappa shape index (κ2) is 6.28. The van der Waals surface area contributed by atoms with Crippen molar-refractivity contribution in [2.45, 2.75) is 11.8 Å². The third-order valence-corrected chi connectivity index (χ3v) is 4.76. The van der Waals surface area contributed by atoms with Gasteiger partial charge in [-0.1, -0.05) is 12.1 Å². The van der Waals surface area contributed by atoms with Crippen LogP contribution in [-0.4, -0.2) is 31.8 Å². The van der Waals surface area contributed by atoms with E-state index in [1.165, 1.54) is 18.5 Å². The highest BCUT2D eigenvalue weighted by Gasteiger charge is 2.29. The number of sulfonamides is 1. The monoisotopic (exact) mass is 345 g/mol. The van der Waals surface area contributed by atoms with E-state index in [-0.39, 0.29) is 10.9 Å². The van der Waals surface area contributed by atoms with Gasteiger partial charge in [-0.3, -0.25) is 20.6 Å². The van der Waals surface area contributed by atoms with E-state index in [1.807, 2.05) is 6.92 Å². The van der Waals surface area contributed by atoms with E-state index < -0.39 is 15.9 Å². The molecule has 0 atom stereocenters. The molecule has 2 heterocycles. The zero-order valence-corrected chi connectivity index (χ0v) is 13.6. The van der Waals surface area contributed by atoms with Gasteiger partial charge in [0.1, 0.15) is 4.90 Å². The number of rotatable bonds is 2. The molecule has 0 fully saturated rings. The summed E-state index contributed by atoms with van der Waals surface area (Å²) in [4.78, 5) is 17.7. The maximum Gasteiger partial charge on any atom is 0.287 e. The van der Waals surface area contributed by atoms with Crippen molar-refractivity contribution < 1.29 is 13.2 Å². The molecule has 2 aromatic rings. The smallest absolute Gasteiger partial charge is 0.287 e. The van der Waals surface area contributed by atoms with Gasteiger partial charge in [0.25, 0.3) is 15.9 Å². The standard InChI is InChI=1S/C15H15N5O3S/c1-2-20-12-5-3-4-6-13(12)24(22,23)19-15(20)18-17-14(21)11-7-9-16-10-8-11/h3-10H,2H2,1H3,(H,17,21)(H,18,19). The van der Waals surface area contributed by atoms with Gasteiger partial charge in [-0.2, -0.15) is 8.42 Å². The van der Waals surface area contributed by atoms with Gasteiger partial charge in [0, 0.05) is 24.5 Å². The van der Waals surface area contributed by atoms with Crippen LogP contribution in [0.15, 0.2) is 58.1 Å². The van der Waals surface area contributed by atoms with E-state index in [0.29, 0.717) is 17.8 Å². The molecule has 1 aromatic carbocycles. The quantitative estimate of drug-likeness (QED) is 0.784. The van der Waals surface area contributed by atoms with Crippen LogP contribution in [0.3, 0.4) is 0 Å². The predicted octanol–water partition coefficient (Wildman–Crippen LogP) is 0.901. The van der Waals surface area contributed by atoms with Gasteiger partial charge in [0.15, 0.2) is 0 Å². The second-order valence-corrected chi connectivity index (χ2v) is 6.49. The highest BCUT2D eigenvalue weighted by atomic mass is 32.2.